The molecule has 29 heavy (non-hydrogen) atoms. The SMILES string of the molecule is N=C(N)c1ccc(NC(=O)CN(CC2CCCCC2)C(=O)Cc2cnc[nH]2)cc1. The van der Waals surface area contributed by atoms with Crippen LogP contribution in [0.15, 0.2) is 36.8 Å². The van der Waals surface area contributed by atoms with Crippen molar-refractivity contribution >= 4 is 23.3 Å². The molecule has 0 saturated heterocycles. The van der Waals surface area contributed by atoms with E-state index in [1.54, 1.807) is 41.7 Å². The second-order valence-electron chi connectivity index (χ2n) is 7.57. The smallest absolute Gasteiger partial charge is 0.243 e. The van der Waals surface area contributed by atoms with Crippen LogP contribution in [0.2, 0.25) is 0 Å². The van der Waals surface area contributed by atoms with Crippen molar-refractivity contribution in [2.75, 3.05) is 18.4 Å². The highest BCUT2D eigenvalue weighted by Gasteiger charge is 2.23. The summed E-state index contributed by atoms with van der Waals surface area (Å²) in [6.45, 7) is 0.613. The Morgan fingerprint density at radius 3 is 2.55 bits per heavy atom. The normalized spacial score (nSPS) is 14.3. The zero-order valence-electron chi connectivity index (χ0n) is 16.5. The van der Waals surface area contributed by atoms with E-state index in [4.69, 9.17) is 11.1 Å². The molecule has 3 rings (SSSR count). The summed E-state index contributed by atoms with van der Waals surface area (Å²) >= 11 is 0. The summed E-state index contributed by atoms with van der Waals surface area (Å²) in [4.78, 5) is 34.0. The van der Waals surface area contributed by atoms with Crippen molar-refractivity contribution in [1.29, 1.82) is 5.41 Å². The molecule has 2 amide bonds. The third-order valence-corrected chi connectivity index (χ3v) is 5.27. The number of aromatic amines is 1. The Kier molecular flexibility index (Phi) is 6.99. The Balaban J connectivity index is 1.63. The fourth-order valence-corrected chi connectivity index (χ4v) is 3.70. The molecule has 1 aromatic heterocycles. The van der Waals surface area contributed by atoms with Crippen LogP contribution in [-0.2, 0) is 16.0 Å². The van der Waals surface area contributed by atoms with Gasteiger partial charge in [0.2, 0.25) is 11.8 Å². The number of benzene rings is 1. The van der Waals surface area contributed by atoms with Crippen LogP contribution in [0.1, 0.15) is 43.4 Å². The van der Waals surface area contributed by atoms with Gasteiger partial charge in [-0.15, -0.1) is 0 Å². The van der Waals surface area contributed by atoms with Gasteiger partial charge in [0.15, 0.2) is 0 Å². The lowest BCUT2D eigenvalue weighted by molar-refractivity contribution is -0.135. The number of aromatic nitrogens is 2. The average Bonchev–Trinajstić information content (AvgIpc) is 3.21. The molecular formula is C21H28N6O2. The minimum absolute atomic E-state index is 0.0118. The molecule has 1 aliphatic carbocycles. The minimum atomic E-state index is -0.241. The number of nitrogens with zero attached hydrogens (tertiary/aromatic N) is 2. The molecule has 154 valence electrons. The molecule has 0 bridgehead atoms. The van der Waals surface area contributed by atoms with Gasteiger partial charge in [0, 0.05) is 29.7 Å². The number of hydrogen-bond donors (Lipinski definition) is 4. The standard InChI is InChI=1S/C21H28N6O2/c22-21(23)16-6-8-17(9-7-16)26-19(28)13-27(12-15-4-2-1-3-5-15)20(29)10-18-11-24-14-25-18/h6-9,11,14-15H,1-5,10,12-13H2,(H3,22,23)(H,24,25)(H,26,28). The highest BCUT2D eigenvalue weighted by Crippen LogP contribution is 2.24. The summed E-state index contributed by atoms with van der Waals surface area (Å²) in [5.41, 5.74) is 7.40. The molecule has 0 atom stereocenters. The second-order valence-corrected chi connectivity index (χ2v) is 7.57. The van der Waals surface area contributed by atoms with E-state index in [9.17, 15) is 9.59 Å². The Morgan fingerprint density at radius 2 is 1.93 bits per heavy atom. The Bertz CT molecular complexity index is 825. The van der Waals surface area contributed by atoms with Gasteiger partial charge in [0.05, 0.1) is 19.3 Å². The van der Waals surface area contributed by atoms with Crippen molar-refractivity contribution in [3.8, 4) is 0 Å². The van der Waals surface area contributed by atoms with E-state index in [0.717, 1.165) is 18.5 Å². The van der Waals surface area contributed by atoms with E-state index in [1.165, 1.54) is 19.3 Å². The van der Waals surface area contributed by atoms with Crippen molar-refractivity contribution in [3.05, 3.63) is 48.0 Å². The van der Waals surface area contributed by atoms with Gasteiger partial charge < -0.3 is 20.9 Å². The number of H-pyrrole nitrogens is 1. The third-order valence-electron chi connectivity index (χ3n) is 5.27. The van der Waals surface area contributed by atoms with E-state index >= 15 is 0 Å². The molecule has 1 aromatic carbocycles. The highest BCUT2D eigenvalue weighted by molar-refractivity contribution is 5.97. The van der Waals surface area contributed by atoms with Gasteiger partial charge in [-0.05, 0) is 43.0 Å². The number of imidazole rings is 1. The van der Waals surface area contributed by atoms with E-state index < -0.39 is 0 Å². The van der Waals surface area contributed by atoms with E-state index in [-0.39, 0.29) is 30.6 Å². The van der Waals surface area contributed by atoms with Crippen LogP contribution < -0.4 is 11.1 Å². The molecular weight excluding hydrogens is 368 g/mol. The zero-order valence-corrected chi connectivity index (χ0v) is 16.5. The molecule has 1 saturated carbocycles. The van der Waals surface area contributed by atoms with Crippen LogP contribution in [0.3, 0.4) is 0 Å². The molecule has 1 fully saturated rings. The van der Waals surface area contributed by atoms with Crippen LogP contribution >= 0.6 is 0 Å². The number of carbonyl (C=O) groups is 2. The number of nitrogen functional groups attached to an aromatic ring is 1. The van der Waals surface area contributed by atoms with Crippen LogP contribution in [0.25, 0.3) is 0 Å². The van der Waals surface area contributed by atoms with Crippen molar-refractivity contribution in [1.82, 2.24) is 14.9 Å². The molecule has 5 N–H and O–H groups in total. The molecule has 0 unspecified atom stereocenters. The molecule has 1 heterocycles. The van der Waals surface area contributed by atoms with E-state index in [0.29, 0.717) is 23.7 Å². The van der Waals surface area contributed by atoms with Crippen molar-refractivity contribution in [2.45, 2.75) is 38.5 Å². The van der Waals surface area contributed by atoms with Crippen molar-refractivity contribution in [3.63, 3.8) is 0 Å². The largest absolute Gasteiger partial charge is 0.384 e. The maximum absolute atomic E-state index is 12.9. The maximum atomic E-state index is 12.9. The Hall–Kier alpha value is -3.16. The third kappa shape index (κ3) is 6.17. The number of rotatable bonds is 8. The van der Waals surface area contributed by atoms with Crippen LogP contribution in [0.4, 0.5) is 5.69 Å². The topological polar surface area (TPSA) is 128 Å². The lowest BCUT2D eigenvalue weighted by atomic mass is 9.89. The summed E-state index contributed by atoms with van der Waals surface area (Å²) in [6, 6.07) is 6.77. The first-order valence-electron chi connectivity index (χ1n) is 10.0. The minimum Gasteiger partial charge on any atom is -0.384 e. The van der Waals surface area contributed by atoms with Crippen LogP contribution in [0, 0.1) is 11.3 Å². The summed E-state index contributed by atoms with van der Waals surface area (Å²) in [7, 11) is 0. The number of nitrogens with two attached hydrogens (primary N) is 1. The van der Waals surface area contributed by atoms with Gasteiger partial charge in [-0.2, -0.15) is 0 Å². The Morgan fingerprint density at radius 1 is 1.21 bits per heavy atom. The number of amidine groups is 1. The molecule has 1 aliphatic rings. The average molecular weight is 396 g/mol. The molecule has 0 radical (unpaired) electrons. The van der Waals surface area contributed by atoms with Crippen molar-refractivity contribution < 1.29 is 9.59 Å². The van der Waals surface area contributed by atoms with Gasteiger partial charge in [0.1, 0.15) is 5.84 Å². The zero-order chi connectivity index (χ0) is 20.6. The number of amides is 2. The first-order chi connectivity index (χ1) is 14.0. The molecule has 8 nitrogen and oxygen atoms in total. The van der Waals surface area contributed by atoms with E-state index in [1.807, 2.05) is 0 Å². The van der Waals surface area contributed by atoms with Crippen LogP contribution in [-0.4, -0.2) is 45.6 Å². The van der Waals surface area contributed by atoms with Gasteiger partial charge in [-0.25, -0.2) is 4.98 Å². The lowest BCUT2D eigenvalue weighted by Gasteiger charge is -2.29. The summed E-state index contributed by atoms with van der Waals surface area (Å²) in [6.07, 6.45) is 9.19. The number of hydrogen-bond acceptors (Lipinski definition) is 4. The van der Waals surface area contributed by atoms with Gasteiger partial charge in [0.25, 0.3) is 0 Å². The predicted octanol–water partition coefficient (Wildman–Crippen LogP) is 2.28. The fraction of sp³-hybridized carbons (Fsp3) is 0.429. The molecule has 2 aromatic rings. The van der Waals surface area contributed by atoms with Gasteiger partial charge in [-0.3, -0.25) is 15.0 Å². The van der Waals surface area contributed by atoms with Gasteiger partial charge >= 0.3 is 0 Å². The summed E-state index contributed by atoms with van der Waals surface area (Å²) < 4.78 is 0. The first kappa shape index (κ1) is 20.6. The number of nitrogens with one attached hydrogen (secondary N) is 3. The van der Waals surface area contributed by atoms with E-state index in [2.05, 4.69) is 15.3 Å². The molecule has 0 spiro atoms. The van der Waals surface area contributed by atoms with Crippen LogP contribution in [0.5, 0.6) is 0 Å². The number of anilines is 1. The molecule has 0 aliphatic heterocycles. The fourth-order valence-electron chi connectivity index (χ4n) is 3.70. The maximum Gasteiger partial charge on any atom is 0.243 e. The second kappa shape index (κ2) is 9.86. The number of carbonyl (C=O) groups excluding carboxylic acids is 2. The monoisotopic (exact) mass is 396 g/mol. The highest BCUT2D eigenvalue weighted by atomic mass is 16.2. The van der Waals surface area contributed by atoms with Crippen molar-refractivity contribution in [2.24, 2.45) is 11.7 Å². The summed E-state index contributed by atoms with van der Waals surface area (Å²) in [5, 5.41) is 10.3. The van der Waals surface area contributed by atoms with Gasteiger partial charge in [-0.1, -0.05) is 19.3 Å². The predicted molar refractivity (Wildman–Crippen MR) is 112 cm³/mol. The lowest BCUT2D eigenvalue weighted by Crippen LogP contribution is -2.42. The first-order valence-corrected chi connectivity index (χ1v) is 10.0. The molecule has 8 heteroatoms. The summed E-state index contributed by atoms with van der Waals surface area (Å²) in [5.74, 6) is 0.0966. The quantitative estimate of drug-likeness (QED) is 0.403. The Labute approximate surface area is 170 Å².